The highest BCUT2D eigenvalue weighted by molar-refractivity contribution is 4.82. The van der Waals surface area contributed by atoms with Crippen LogP contribution in [0.3, 0.4) is 0 Å². The van der Waals surface area contributed by atoms with E-state index >= 15 is 0 Å². The van der Waals surface area contributed by atoms with E-state index in [9.17, 15) is 0 Å². The van der Waals surface area contributed by atoms with Gasteiger partial charge < -0.3 is 19.9 Å². The zero-order valence-corrected chi connectivity index (χ0v) is 7.54. The van der Waals surface area contributed by atoms with Crippen molar-refractivity contribution in [2.24, 2.45) is 5.73 Å². The normalized spacial score (nSPS) is 23.5. The average Bonchev–Trinajstić information content (AvgIpc) is 2.32. The fourth-order valence-corrected chi connectivity index (χ4v) is 1.24. The number of hydrogen-bond donors (Lipinski definition) is 1. The molecule has 0 bridgehead atoms. The van der Waals surface area contributed by atoms with Crippen LogP contribution in [0.25, 0.3) is 0 Å². The van der Waals surface area contributed by atoms with Crippen LogP contribution in [0.4, 0.5) is 0 Å². The van der Waals surface area contributed by atoms with E-state index in [0.29, 0.717) is 39.6 Å². The zero-order chi connectivity index (χ0) is 8.86. The molecule has 0 atom stereocenters. The third-order valence-corrected chi connectivity index (χ3v) is 1.92. The molecule has 0 amide bonds. The van der Waals surface area contributed by atoms with Crippen molar-refractivity contribution in [3.63, 3.8) is 0 Å². The van der Waals surface area contributed by atoms with E-state index in [-0.39, 0.29) is 0 Å². The Morgan fingerprint density at radius 3 is 2.33 bits per heavy atom. The molecular formula is C8H17NO3. The number of hydrogen-bond acceptors (Lipinski definition) is 4. The van der Waals surface area contributed by atoms with Crippen molar-refractivity contribution in [1.29, 1.82) is 0 Å². The highest BCUT2D eigenvalue weighted by Gasteiger charge is 2.31. The molecule has 1 fully saturated rings. The van der Waals surface area contributed by atoms with E-state index in [1.807, 2.05) is 6.92 Å². The second kappa shape index (κ2) is 4.77. The molecule has 0 aliphatic carbocycles. The smallest absolute Gasteiger partial charge is 0.127 e. The lowest BCUT2D eigenvalue weighted by molar-refractivity contribution is -0.0971. The molecule has 0 unspecified atom stereocenters. The molecule has 4 nitrogen and oxygen atoms in total. The number of nitrogens with two attached hydrogens (primary N) is 1. The Balaban J connectivity index is 2.48. The first-order valence-electron chi connectivity index (χ1n) is 4.32. The molecule has 0 aromatic rings. The van der Waals surface area contributed by atoms with Crippen LogP contribution in [0, 0.1) is 0 Å². The molecule has 0 spiro atoms. The first-order valence-corrected chi connectivity index (χ1v) is 4.32. The molecule has 0 radical (unpaired) electrons. The van der Waals surface area contributed by atoms with Gasteiger partial charge in [0.2, 0.25) is 0 Å². The Kier molecular flexibility index (Phi) is 3.94. The molecule has 1 rings (SSSR count). The molecule has 4 heteroatoms. The van der Waals surface area contributed by atoms with Crippen molar-refractivity contribution >= 4 is 0 Å². The topological polar surface area (TPSA) is 53.7 Å². The monoisotopic (exact) mass is 175 g/mol. The summed E-state index contributed by atoms with van der Waals surface area (Å²) in [5.41, 5.74) is 5.20. The van der Waals surface area contributed by atoms with Crippen LogP contribution >= 0.6 is 0 Å². The summed E-state index contributed by atoms with van der Waals surface area (Å²) >= 11 is 0. The van der Waals surface area contributed by atoms with Crippen molar-refractivity contribution in [1.82, 2.24) is 0 Å². The van der Waals surface area contributed by atoms with E-state index in [0.717, 1.165) is 0 Å². The second-order valence-corrected chi connectivity index (χ2v) is 2.93. The van der Waals surface area contributed by atoms with Crippen molar-refractivity contribution in [2.45, 2.75) is 12.5 Å². The highest BCUT2D eigenvalue weighted by Crippen LogP contribution is 2.13. The van der Waals surface area contributed by atoms with Gasteiger partial charge in [0.15, 0.2) is 0 Å². The third kappa shape index (κ3) is 2.42. The first-order chi connectivity index (χ1) is 5.83. The van der Waals surface area contributed by atoms with E-state index in [2.05, 4.69) is 0 Å². The lowest BCUT2D eigenvalue weighted by Gasteiger charge is -2.29. The molecule has 12 heavy (non-hydrogen) atoms. The van der Waals surface area contributed by atoms with Gasteiger partial charge in [-0.25, -0.2) is 0 Å². The maximum Gasteiger partial charge on any atom is 0.127 e. The molecule has 1 aliphatic heterocycles. The Morgan fingerprint density at radius 1 is 1.33 bits per heavy atom. The summed E-state index contributed by atoms with van der Waals surface area (Å²) < 4.78 is 16.2. The lowest BCUT2D eigenvalue weighted by Crippen LogP contribution is -2.48. The van der Waals surface area contributed by atoms with Gasteiger partial charge in [0, 0.05) is 13.2 Å². The molecule has 1 heterocycles. The van der Waals surface area contributed by atoms with E-state index < -0.39 is 5.60 Å². The predicted molar refractivity (Wildman–Crippen MR) is 45.0 cm³/mol. The standard InChI is InChI=1S/C8H17NO3/c1-2-12-8(5-9)6-10-3-4-11-7-8/h2-7,9H2,1H3. The Bertz CT molecular complexity index is 121. The number of rotatable bonds is 3. The zero-order valence-electron chi connectivity index (χ0n) is 7.54. The van der Waals surface area contributed by atoms with Gasteiger partial charge in [-0.3, -0.25) is 0 Å². The van der Waals surface area contributed by atoms with E-state index in [1.54, 1.807) is 0 Å². The molecule has 0 saturated carbocycles. The van der Waals surface area contributed by atoms with Crippen LogP contribution in [0.5, 0.6) is 0 Å². The SMILES string of the molecule is CCOC1(CN)COCCOC1. The van der Waals surface area contributed by atoms with Gasteiger partial charge in [-0.05, 0) is 6.92 Å². The molecular weight excluding hydrogens is 158 g/mol. The average molecular weight is 175 g/mol. The second-order valence-electron chi connectivity index (χ2n) is 2.93. The van der Waals surface area contributed by atoms with Crippen molar-refractivity contribution in [3.05, 3.63) is 0 Å². The minimum absolute atomic E-state index is 0.411. The largest absolute Gasteiger partial charge is 0.376 e. The van der Waals surface area contributed by atoms with Gasteiger partial charge >= 0.3 is 0 Å². The summed E-state index contributed by atoms with van der Waals surface area (Å²) in [4.78, 5) is 0. The summed E-state index contributed by atoms with van der Waals surface area (Å²) in [6, 6.07) is 0. The Morgan fingerprint density at radius 2 is 1.92 bits per heavy atom. The summed E-state index contributed by atoms with van der Waals surface area (Å²) in [6.45, 7) is 5.38. The van der Waals surface area contributed by atoms with Crippen molar-refractivity contribution in [3.8, 4) is 0 Å². The van der Waals surface area contributed by atoms with Crippen LogP contribution in [-0.4, -0.2) is 45.2 Å². The fourth-order valence-electron chi connectivity index (χ4n) is 1.24. The molecule has 2 N–H and O–H groups in total. The summed E-state index contributed by atoms with van der Waals surface area (Å²) in [7, 11) is 0. The third-order valence-electron chi connectivity index (χ3n) is 1.92. The van der Waals surface area contributed by atoms with Gasteiger partial charge in [0.05, 0.1) is 26.4 Å². The maximum atomic E-state index is 5.61. The van der Waals surface area contributed by atoms with E-state index in [4.69, 9.17) is 19.9 Å². The predicted octanol–water partition coefficient (Wildman–Crippen LogP) is -0.233. The first kappa shape index (κ1) is 9.92. The van der Waals surface area contributed by atoms with Gasteiger partial charge in [-0.1, -0.05) is 0 Å². The van der Waals surface area contributed by atoms with Gasteiger partial charge in [0.25, 0.3) is 0 Å². The summed E-state index contributed by atoms with van der Waals surface area (Å²) in [5.74, 6) is 0. The van der Waals surface area contributed by atoms with Gasteiger partial charge in [-0.15, -0.1) is 0 Å². The lowest BCUT2D eigenvalue weighted by atomic mass is 10.1. The summed E-state index contributed by atoms with van der Waals surface area (Å²) in [5, 5.41) is 0. The fraction of sp³-hybridized carbons (Fsp3) is 1.00. The van der Waals surface area contributed by atoms with Gasteiger partial charge in [-0.2, -0.15) is 0 Å². The van der Waals surface area contributed by atoms with Crippen molar-refractivity contribution in [2.75, 3.05) is 39.6 Å². The van der Waals surface area contributed by atoms with Crippen LogP contribution < -0.4 is 5.73 Å². The maximum absolute atomic E-state index is 5.61. The van der Waals surface area contributed by atoms with Crippen LogP contribution in [0.2, 0.25) is 0 Å². The molecule has 1 saturated heterocycles. The van der Waals surface area contributed by atoms with Crippen LogP contribution in [0.15, 0.2) is 0 Å². The highest BCUT2D eigenvalue weighted by atomic mass is 16.6. The summed E-state index contributed by atoms with van der Waals surface area (Å²) in [6.07, 6.45) is 0. The molecule has 0 aromatic carbocycles. The minimum atomic E-state index is -0.411. The quantitative estimate of drug-likeness (QED) is 0.643. The van der Waals surface area contributed by atoms with E-state index in [1.165, 1.54) is 0 Å². The van der Waals surface area contributed by atoms with Crippen LogP contribution in [-0.2, 0) is 14.2 Å². The number of ether oxygens (including phenoxy) is 3. The minimum Gasteiger partial charge on any atom is -0.376 e. The molecule has 1 aliphatic rings. The van der Waals surface area contributed by atoms with Crippen LogP contribution in [0.1, 0.15) is 6.92 Å². The molecule has 72 valence electrons. The van der Waals surface area contributed by atoms with Gasteiger partial charge in [0.1, 0.15) is 5.60 Å². The Hall–Kier alpha value is -0.160. The van der Waals surface area contributed by atoms with Crippen molar-refractivity contribution < 1.29 is 14.2 Å². The molecule has 0 aromatic heterocycles. The Labute approximate surface area is 73.0 Å².